The van der Waals surface area contributed by atoms with Crippen LogP contribution in [0.5, 0.6) is 0 Å². The number of aliphatic hydroxyl groups excluding tert-OH is 2. The maximum atomic E-state index is 12.6. The molecule has 0 fully saturated rings. The number of nitrogens with one attached hydrogen (secondary N) is 2. The Bertz CT molecular complexity index is 963. The SMILES string of the molecule is C[C@@H](NC(=O)[C@H](O)[C@@H](O)C(=O)N1CCc2[nH]ncc2C1)c1ccc(N(N)/C=C\CF)cc1. The molecule has 0 bridgehead atoms. The molecule has 3 atom stereocenters. The average molecular weight is 446 g/mol. The number of allylic oxidation sites excluding steroid dienone is 1. The zero-order valence-electron chi connectivity index (χ0n) is 17.6. The van der Waals surface area contributed by atoms with Crippen LogP contribution in [-0.2, 0) is 22.6 Å². The number of aromatic amines is 1. The Balaban J connectivity index is 1.56. The monoisotopic (exact) mass is 446 g/mol. The van der Waals surface area contributed by atoms with E-state index in [1.165, 1.54) is 22.2 Å². The molecular weight excluding hydrogens is 419 g/mol. The summed E-state index contributed by atoms with van der Waals surface area (Å²) in [4.78, 5) is 26.4. The summed E-state index contributed by atoms with van der Waals surface area (Å²) in [6.45, 7) is 1.66. The van der Waals surface area contributed by atoms with Crippen LogP contribution < -0.4 is 16.2 Å². The van der Waals surface area contributed by atoms with Gasteiger partial charge in [0, 0.05) is 37.0 Å². The standard InChI is InChI=1S/C21H27FN6O4/c1-13(14-3-5-16(6-4-14)28(23)9-2-8-22)25-20(31)18(29)19(30)21(32)27-10-7-17-15(12-27)11-24-26-17/h2-6,9,11,13,18-19,29-30H,7-8,10,12,23H2,1H3,(H,24,26)(H,25,31)/b9-2-/t13-,18-,19-/m1/s1. The molecule has 0 saturated heterocycles. The van der Waals surface area contributed by atoms with Crippen LogP contribution in [0.3, 0.4) is 0 Å². The van der Waals surface area contributed by atoms with Crippen molar-refractivity contribution in [3.63, 3.8) is 0 Å². The summed E-state index contributed by atoms with van der Waals surface area (Å²) in [5, 5.41) is 31.2. The third kappa shape index (κ3) is 5.31. The van der Waals surface area contributed by atoms with Crippen molar-refractivity contribution in [2.45, 2.75) is 38.1 Å². The minimum Gasteiger partial charge on any atom is -0.380 e. The number of nitrogens with two attached hydrogens (primary N) is 1. The Kier molecular flexibility index (Phi) is 7.57. The molecule has 0 saturated carbocycles. The molecule has 32 heavy (non-hydrogen) atoms. The zero-order valence-corrected chi connectivity index (χ0v) is 17.6. The third-order valence-corrected chi connectivity index (χ3v) is 5.34. The van der Waals surface area contributed by atoms with Crippen molar-refractivity contribution >= 4 is 17.5 Å². The van der Waals surface area contributed by atoms with Gasteiger partial charge in [-0.1, -0.05) is 12.1 Å². The van der Waals surface area contributed by atoms with E-state index in [0.717, 1.165) is 11.3 Å². The summed E-state index contributed by atoms with van der Waals surface area (Å²) in [6.07, 6.45) is 1.02. The maximum absolute atomic E-state index is 12.6. The van der Waals surface area contributed by atoms with Gasteiger partial charge < -0.3 is 20.4 Å². The molecule has 6 N–H and O–H groups in total. The number of nitrogens with zero attached hydrogens (tertiary/aromatic N) is 3. The molecule has 1 aromatic heterocycles. The Labute approximate surface area is 184 Å². The first-order valence-corrected chi connectivity index (χ1v) is 10.1. The van der Waals surface area contributed by atoms with E-state index in [4.69, 9.17) is 5.84 Å². The van der Waals surface area contributed by atoms with Crippen molar-refractivity contribution < 1.29 is 24.2 Å². The minimum absolute atomic E-state index is 0.248. The van der Waals surface area contributed by atoms with Crippen molar-refractivity contribution in [2.24, 2.45) is 5.84 Å². The fraction of sp³-hybridized carbons (Fsp3) is 0.381. The van der Waals surface area contributed by atoms with E-state index in [-0.39, 0.29) is 6.54 Å². The number of carbonyl (C=O) groups is 2. The molecule has 0 unspecified atom stereocenters. The molecule has 1 aromatic carbocycles. The maximum Gasteiger partial charge on any atom is 0.255 e. The Morgan fingerprint density at radius 3 is 2.75 bits per heavy atom. The normalized spacial score (nSPS) is 16.3. The van der Waals surface area contributed by atoms with Crippen LogP contribution in [0.2, 0.25) is 0 Å². The van der Waals surface area contributed by atoms with Crippen LogP contribution in [0.4, 0.5) is 10.1 Å². The van der Waals surface area contributed by atoms with Gasteiger partial charge in [0.05, 0.1) is 17.9 Å². The summed E-state index contributed by atoms with van der Waals surface area (Å²) in [5.41, 5.74) is 3.09. The molecule has 1 aliphatic heterocycles. The van der Waals surface area contributed by atoms with Crippen molar-refractivity contribution in [1.82, 2.24) is 20.4 Å². The number of anilines is 1. The van der Waals surface area contributed by atoms with E-state index < -0.39 is 36.7 Å². The van der Waals surface area contributed by atoms with Crippen molar-refractivity contribution in [3.8, 4) is 0 Å². The van der Waals surface area contributed by atoms with Crippen molar-refractivity contribution in [1.29, 1.82) is 0 Å². The molecule has 0 aliphatic carbocycles. The lowest BCUT2D eigenvalue weighted by molar-refractivity contribution is -0.154. The molecule has 10 nitrogen and oxygen atoms in total. The summed E-state index contributed by atoms with van der Waals surface area (Å²) in [6, 6.07) is 6.30. The highest BCUT2D eigenvalue weighted by Crippen LogP contribution is 2.19. The van der Waals surface area contributed by atoms with Gasteiger partial charge in [0.25, 0.3) is 11.8 Å². The molecule has 1 aliphatic rings. The van der Waals surface area contributed by atoms with Gasteiger partial charge in [0.15, 0.2) is 12.2 Å². The number of aliphatic hydroxyl groups is 2. The molecule has 11 heteroatoms. The van der Waals surface area contributed by atoms with Gasteiger partial charge in [-0.05, 0) is 30.7 Å². The van der Waals surface area contributed by atoms with Crippen molar-refractivity contribution in [2.75, 3.05) is 18.2 Å². The number of hydrogen-bond donors (Lipinski definition) is 5. The lowest BCUT2D eigenvalue weighted by Crippen LogP contribution is -2.51. The zero-order chi connectivity index (χ0) is 23.3. The van der Waals surface area contributed by atoms with E-state index in [0.29, 0.717) is 24.2 Å². The quantitative estimate of drug-likeness (QED) is 0.284. The molecule has 2 aromatic rings. The summed E-state index contributed by atoms with van der Waals surface area (Å²) < 4.78 is 12.2. The fourth-order valence-corrected chi connectivity index (χ4v) is 3.43. The number of halogens is 1. The number of benzene rings is 1. The molecule has 0 radical (unpaired) electrons. The number of H-pyrrole nitrogens is 1. The second-order valence-electron chi connectivity index (χ2n) is 7.54. The Hall–Kier alpha value is -3.28. The lowest BCUT2D eigenvalue weighted by atomic mass is 10.0. The minimum atomic E-state index is -1.92. The number of hydrazine groups is 1. The predicted molar refractivity (Wildman–Crippen MR) is 115 cm³/mol. The summed E-state index contributed by atoms with van der Waals surface area (Å²) >= 11 is 0. The molecule has 2 amide bonds. The second-order valence-corrected chi connectivity index (χ2v) is 7.54. The molecule has 2 heterocycles. The second kappa shape index (κ2) is 10.4. The van der Waals surface area contributed by atoms with Crippen LogP contribution in [0.25, 0.3) is 0 Å². The highest BCUT2D eigenvalue weighted by molar-refractivity contribution is 5.91. The van der Waals surface area contributed by atoms with Gasteiger partial charge >= 0.3 is 0 Å². The van der Waals surface area contributed by atoms with Crippen LogP contribution in [-0.4, -0.2) is 62.6 Å². The number of rotatable bonds is 8. The Morgan fingerprint density at radius 1 is 1.34 bits per heavy atom. The van der Waals surface area contributed by atoms with Gasteiger partial charge in [-0.25, -0.2) is 10.2 Å². The molecule has 3 rings (SSSR count). The highest BCUT2D eigenvalue weighted by atomic mass is 19.1. The Morgan fingerprint density at radius 2 is 2.06 bits per heavy atom. The van der Waals surface area contributed by atoms with Crippen LogP contribution in [0.15, 0.2) is 42.7 Å². The number of amides is 2. The molecule has 0 spiro atoms. The smallest absolute Gasteiger partial charge is 0.255 e. The number of hydrogen-bond acceptors (Lipinski definition) is 7. The van der Waals surface area contributed by atoms with Gasteiger partial charge in [-0.2, -0.15) is 5.10 Å². The topological polar surface area (TPSA) is 148 Å². The van der Waals surface area contributed by atoms with E-state index in [2.05, 4.69) is 15.5 Å². The lowest BCUT2D eigenvalue weighted by Gasteiger charge is -2.30. The van der Waals surface area contributed by atoms with E-state index in [1.54, 1.807) is 37.4 Å². The van der Waals surface area contributed by atoms with Gasteiger partial charge in [0.2, 0.25) is 0 Å². The van der Waals surface area contributed by atoms with E-state index >= 15 is 0 Å². The number of alkyl halides is 1. The van der Waals surface area contributed by atoms with Gasteiger partial charge in [-0.3, -0.25) is 19.7 Å². The largest absolute Gasteiger partial charge is 0.380 e. The average Bonchev–Trinajstić information content (AvgIpc) is 3.29. The van der Waals surface area contributed by atoms with Crippen LogP contribution in [0.1, 0.15) is 29.8 Å². The first-order chi connectivity index (χ1) is 15.3. The fourth-order valence-electron chi connectivity index (χ4n) is 3.43. The third-order valence-electron chi connectivity index (χ3n) is 5.34. The number of carbonyl (C=O) groups excluding carboxylic acids is 2. The van der Waals surface area contributed by atoms with E-state index in [9.17, 15) is 24.2 Å². The predicted octanol–water partition coefficient (Wildman–Crippen LogP) is 0.0569. The van der Waals surface area contributed by atoms with Crippen LogP contribution >= 0.6 is 0 Å². The summed E-state index contributed by atoms with van der Waals surface area (Å²) in [5.74, 6) is 4.19. The first kappa shape index (κ1) is 23.4. The number of aromatic nitrogens is 2. The first-order valence-electron chi connectivity index (χ1n) is 10.1. The van der Waals surface area contributed by atoms with E-state index in [1.807, 2.05) is 0 Å². The van der Waals surface area contributed by atoms with Crippen LogP contribution in [0, 0.1) is 0 Å². The molecule has 172 valence electrons. The van der Waals surface area contributed by atoms with Crippen molar-refractivity contribution in [3.05, 3.63) is 59.6 Å². The molecular formula is C21H27FN6O4. The summed E-state index contributed by atoms with van der Waals surface area (Å²) in [7, 11) is 0. The number of fused-ring (bicyclic) bond motifs is 1. The van der Waals surface area contributed by atoms with Gasteiger partial charge in [0.1, 0.15) is 6.67 Å². The van der Waals surface area contributed by atoms with Gasteiger partial charge in [-0.15, -0.1) is 0 Å². The highest BCUT2D eigenvalue weighted by Gasteiger charge is 2.35.